The first-order chi connectivity index (χ1) is 20.8. The summed E-state index contributed by atoms with van der Waals surface area (Å²) in [6.45, 7) is 8.17. The molecule has 0 fully saturated rings. The molecule has 0 aliphatic rings. The minimum atomic E-state index is 1.23. The molecular weight excluding hydrogens is 506 g/mol. The molecule has 0 saturated carbocycles. The van der Waals surface area contributed by atoms with E-state index in [-0.39, 0.29) is 0 Å². The lowest BCUT2D eigenvalue weighted by Gasteiger charge is -2.11. The fraction of sp³-hybridized carbons (Fsp3) is 0.878. The number of nitrogens with zero attached hydrogens (tertiary/aromatic N) is 1. The molecule has 1 rings (SSSR count). The van der Waals surface area contributed by atoms with Crippen LogP contribution in [0.15, 0.2) is 18.3 Å². The standard InChI is InChI=1S/C41H78N/c1-4-7-10-13-16-18-20-22-24-26-28-31-35-40-36-34-39-42(38-33-30-15-12-9-6-3)41(40)37-32-29-27-25-23-21-19-17-14-11-8-5-2/h34,36,39H,4-33,35,37-38H2,1-3H3/q+1. The number of unbranched alkanes of at least 4 members (excludes halogenated alkanes) is 27. The molecule has 0 saturated heterocycles. The van der Waals surface area contributed by atoms with E-state index in [0.717, 1.165) is 0 Å². The predicted octanol–water partition coefficient (Wildman–Crippen LogP) is 13.8. The maximum Gasteiger partial charge on any atom is 0.184 e. The topological polar surface area (TPSA) is 3.88 Å². The Balaban J connectivity index is 2.35. The minimum Gasteiger partial charge on any atom is -0.202 e. The van der Waals surface area contributed by atoms with Crippen LogP contribution < -0.4 is 4.57 Å². The van der Waals surface area contributed by atoms with Gasteiger partial charge in [0.2, 0.25) is 0 Å². The van der Waals surface area contributed by atoms with Crippen molar-refractivity contribution in [2.75, 3.05) is 0 Å². The number of hydrogen-bond donors (Lipinski definition) is 0. The van der Waals surface area contributed by atoms with Gasteiger partial charge in [-0.1, -0.05) is 188 Å². The molecule has 1 heteroatoms. The van der Waals surface area contributed by atoms with E-state index in [9.17, 15) is 0 Å². The normalized spacial score (nSPS) is 11.5. The van der Waals surface area contributed by atoms with Crippen LogP contribution in [0.1, 0.15) is 225 Å². The van der Waals surface area contributed by atoms with Gasteiger partial charge in [-0.3, -0.25) is 0 Å². The molecule has 1 aromatic heterocycles. The smallest absolute Gasteiger partial charge is 0.184 e. The van der Waals surface area contributed by atoms with E-state index in [1.54, 1.807) is 11.3 Å². The van der Waals surface area contributed by atoms with Gasteiger partial charge in [-0.05, 0) is 31.7 Å². The average molecular weight is 585 g/mol. The molecule has 0 aliphatic carbocycles. The van der Waals surface area contributed by atoms with E-state index in [2.05, 4.69) is 43.7 Å². The molecule has 1 nitrogen and oxygen atoms in total. The third kappa shape index (κ3) is 23.6. The van der Waals surface area contributed by atoms with Gasteiger partial charge < -0.3 is 0 Å². The molecule has 0 radical (unpaired) electrons. The monoisotopic (exact) mass is 585 g/mol. The van der Waals surface area contributed by atoms with Gasteiger partial charge in [0, 0.05) is 24.5 Å². The second-order valence-electron chi connectivity index (χ2n) is 13.7. The molecule has 42 heavy (non-hydrogen) atoms. The third-order valence-electron chi connectivity index (χ3n) is 9.60. The van der Waals surface area contributed by atoms with E-state index >= 15 is 0 Å². The molecule has 1 aromatic rings. The van der Waals surface area contributed by atoms with Gasteiger partial charge >= 0.3 is 0 Å². The van der Waals surface area contributed by atoms with Crippen molar-refractivity contribution >= 4 is 0 Å². The van der Waals surface area contributed by atoms with Gasteiger partial charge in [-0.25, -0.2) is 4.57 Å². The summed E-state index contributed by atoms with van der Waals surface area (Å²) in [5.74, 6) is 0. The average Bonchev–Trinajstić information content (AvgIpc) is 3.00. The molecule has 0 spiro atoms. The third-order valence-corrected chi connectivity index (χ3v) is 9.60. The molecule has 0 aliphatic heterocycles. The van der Waals surface area contributed by atoms with Crippen molar-refractivity contribution in [2.24, 2.45) is 0 Å². The van der Waals surface area contributed by atoms with Gasteiger partial charge in [-0.2, -0.15) is 0 Å². The Labute approximate surface area is 266 Å². The van der Waals surface area contributed by atoms with Gasteiger partial charge in [-0.15, -0.1) is 0 Å². The Bertz CT molecular complexity index is 665. The summed E-state index contributed by atoms with van der Waals surface area (Å²) in [6.07, 6.45) is 47.8. The van der Waals surface area contributed by atoms with Crippen LogP contribution in [0.2, 0.25) is 0 Å². The first-order valence-electron chi connectivity index (χ1n) is 19.8. The Kier molecular flexibility index (Phi) is 29.4. The molecule has 0 bridgehead atoms. The van der Waals surface area contributed by atoms with Crippen molar-refractivity contribution in [2.45, 2.75) is 233 Å². The summed E-state index contributed by atoms with van der Waals surface area (Å²) in [6, 6.07) is 4.81. The number of rotatable bonds is 33. The lowest BCUT2D eigenvalue weighted by molar-refractivity contribution is -0.705. The summed E-state index contributed by atoms with van der Waals surface area (Å²) >= 11 is 0. The van der Waals surface area contributed by atoms with Crippen LogP contribution >= 0.6 is 0 Å². The van der Waals surface area contributed by atoms with Crippen molar-refractivity contribution in [1.82, 2.24) is 0 Å². The Hall–Kier alpha value is -0.850. The highest BCUT2D eigenvalue weighted by Crippen LogP contribution is 2.17. The lowest BCUT2D eigenvalue weighted by Crippen LogP contribution is -2.39. The maximum atomic E-state index is 2.66. The predicted molar refractivity (Wildman–Crippen MR) is 190 cm³/mol. The lowest BCUT2D eigenvalue weighted by atomic mass is 9.99. The Morgan fingerprint density at radius 2 is 0.714 bits per heavy atom. The van der Waals surface area contributed by atoms with Gasteiger partial charge in [0.05, 0.1) is 0 Å². The van der Waals surface area contributed by atoms with E-state index in [1.807, 2.05) is 0 Å². The minimum absolute atomic E-state index is 1.23. The molecule has 0 aromatic carbocycles. The molecule has 0 atom stereocenters. The summed E-state index contributed by atoms with van der Waals surface area (Å²) in [7, 11) is 0. The van der Waals surface area contributed by atoms with Crippen LogP contribution in [0.25, 0.3) is 0 Å². The highest BCUT2D eigenvalue weighted by Gasteiger charge is 2.15. The zero-order valence-electron chi connectivity index (χ0n) is 29.5. The number of hydrogen-bond acceptors (Lipinski definition) is 0. The van der Waals surface area contributed by atoms with E-state index in [4.69, 9.17) is 0 Å². The van der Waals surface area contributed by atoms with Crippen LogP contribution in [-0.4, -0.2) is 0 Å². The maximum absolute atomic E-state index is 2.66. The zero-order chi connectivity index (χ0) is 30.2. The first kappa shape index (κ1) is 39.2. The molecule has 0 N–H and O–H groups in total. The molecular formula is C41H78N+. The SMILES string of the molecule is CCCCCCCCCCCCCCc1ccc[n+](CCCCCCCC)c1CCCCCCCCCCCCCC. The van der Waals surface area contributed by atoms with Crippen LogP contribution in [0.5, 0.6) is 0 Å². The molecule has 0 amide bonds. The highest BCUT2D eigenvalue weighted by molar-refractivity contribution is 5.16. The highest BCUT2D eigenvalue weighted by atomic mass is 15.0. The van der Waals surface area contributed by atoms with Gasteiger partial charge in [0.15, 0.2) is 11.9 Å². The number of aryl methyl sites for hydroxylation is 2. The van der Waals surface area contributed by atoms with E-state index < -0.39 is 0 Å². The number of pyridine rings is 1. The molecule has 0 unspecified atom stereocenters. The van der Waals surface area contributed by atoms with Crippen molar-refractivity contribution in [3.05, 3.63) is 29.6 Å². The quantitative estimate of drug-likeness (QED) is 0.0571. The van der Waals surface area contributed by atoms with Crippen molar-refractivity contribution in [3.63, 3.8) is 0 Å². The van der Waals surface area contributed by atoms with Crippen molar-refractivity contribution in [1.29, 1.82) is 0 Å². The fourth-order valence-corrected chi connectivity index (χ4v) is 6.73. The van der Waals surface area contributed by atoms with Crippen LogP contribution in [0.4, 0.5) is 0 Å². The zero-order valence-corrected chi connectivity index (χ0v) is 29.5. The second kappa shape index (κ2) is 31.6. The van der Waals surface area contributed by atoms with Gasteiger partial charge in [0.25, 0.3) is 0 Å². The Morgan fingerprint density at radius 1 is 0.381 bits per heavy atom. The van der Waals surface area contributed by atoms with Crippen LogP contribution in [-0.2, 0) is 19.4 Å². The molecule has 246 valence electrons. The van der Waals surface area contributed by atoms with E-state index in [0.29, 0.717) is 0 Å². The first-order valence-corrected chi connectivity index (χ1v) is 19.8. The summed E-state index contributed by atoms with van der Waals surface area (Å²) in [4.78, 5) is 0. The van der Waals surface area contributed by atoms with Crippen molar-refractivity contribution in [3.8, 4) is 0 Å². The fourth-order valence-electron chi connectivity index (χ4n) is 6.73. The van der Waals surface area contributed by atoms with Crippen molar-refractivity contribution < 1.29 is 4.57 Å². The van der Waals surface area contributed by atoms with Crippen LogP contribution in [0.3, 0.4) is 0 Å². The van der Waals surface area contributed by atoms with Crippen LogP contribution in [0, 0.1) is 0 Å². The van der Waals surface area contributed by atoms with Gasteiger partial charge in [0.1, 0.15) is 6.54 Å². The summed E-state index contributed by atoms with van der Waals surface area (Å²) in [5.41, 5.74) is 3.35. The summed E-state index contributed by atoms with van der Waals surface area (Å²) < 4.78 is 2.66. The van der Waals surface area contributed by atoms with E-state index in [1.165, 1.54) is 212 Å². The largest absolute Gasteiger partial charge is 0.202 e. The summed E-state index contributed by atoms with van der Waals surface area (Å²) in [5, 5.41) is 0. The Morgan fingerprint density at radius 3 is 1.12 bits per heavy atom. The second-order valence-corrected chi connectivity index (χ2v) is 13.7. The molecule has 1 heterocycles. The number of aromatic nitrogens is 1.